The molecule has 2 heterocycles. The highest BCUT2D eigenvalue weighted by molar-refractivity contribution is 6.03. The predicted molar refractivity (Wildman–Crippen MR) is 107 cm³/mol. The summed E-state index contributed by atoms with van der Waals surface area (Å²) >= 11 is 0. The normalized spacial score (nSPS) is 18.1. The summed E-state index contributed by atoms with van der Waals surface area (Å²) in [6, 6.07) is 10.1. The number of amides is 2. The summed E-state index contributed by atoms with van der Waals surface area (Å²) in [7, 11) is 0. The van der Waals surface area contributed by atoms with Gasteiger partial charge in [0.15, 0.2) is 0 Å². The Bertz CT molecular complexity index is 906. The van der Waals surface area contributed by atoms with Crippen molar-refractivity contribution in [3.05, 3.63) is 72.3 Å². The van der Waals surface area contributed by atoms with Gasteiger partial charge in [0.25, 0.3) is 0 Å². The van der Waals surface area contributed by atoms with Crippen molar-refractivity contribution in [3.63, 3.8) is 0 Å². The largest absolute Gasteiger partial charge is 0.326 e. The standard InChI is InChI=1S/C22H23F2N3O/c1-2-10-26-11-8-22(9-12-26)15-27(20-7-6-17(24)14-19(20)22)21(28)25-18-5-3-4-16(23)13-18/h2-7,13-14H,1,8-12,15H2,(H,25,28). The minimum atomic E-state index is -0.409. The molecule has 146 valence electrons. The van der Waals surface area contributed by atoms with Crippen LogP contribution in [0.25, 0.3) is 0 Å². The van der Waals surface area contributed by atoms with E-state index in [0.717, 1.165) is 43.7 Å². The lowest BCUT2D eigenvalue weighted by Crippen LogP contribution is -2.46. The van der Waals surface area contributed by atoms with Crippen LogP contribution in [-0.2, 0) is 5.41 Å². The fraction of sp³-hybridized carbons (Fsp3) is 0.318. The van der Waals surface area contributed by atoms with Gasteiger partial charge in [0.05, 0.1) is 0 Å². The maximum absolute atomic E-state index is 14.0. The highest BCUT2D eigenvalue weighted by atomic mass is 19.1. The van der Waals surface area contributed by atoms with Crippen molar-refractivity contribution >= 4 is 17.4 Å². The first-order valence-corrected chi connectivity index (χ1v) is 9.48. The number of benzene rings is 2. The smallest absolute Gasteiger partial charge is 0.307 e. The molecule has 1 fully saturated rings. The van der Waals surface area contributed by atoms with Gasteiger partial charge in [-0.25, -0.2) is 13.6 Å². The number of anilines is 2. The van der Waals surface area contributed by atoms with E-state index in [4.69, 9.17) is 0 Å². The van der Waals surface area contributed by atoms with Crippen LogP contribution in [0.4, 0.5) is 25.0 Å². The molecule has 1 N–H and O–H groups in total. The van der Waals surface area contributed by atoms with Gasteiger partial charge in [0.1, 0.15) is 11.6 Å². The number of carbonyl (C=O) groups excluding carboxylic acids is 1. The lowest BCUT2D eigenvalue weighted by Gasteiger charge is -2.39. The number of urea groups is 1. The van der Waals surface area contributed by atoms with Crippen LogP contribution in [0.3, 0.4) is 0 Å². The summed E-state index contributed by atoms with van der Waals surface area (Å²) in [4.78, 5) is 16.9. The van der Waals surface area contributed by atoms with Crippen LogP contribution < -0.4 is 10.2 Å². The van der Waals surface area contributed by atoms with E-state index in [-0.39, 0.29) is 17.3 Å². The quantitative estimate of drug-likeness (QED) is 0.790. The summed E-state index contributed by atoms with van der Waals surface area (Å²) in [5.41, 5.74) is 1.76. The molecule has 0 aromatic heterocycles. The Morgan fingerprint density at radius 3 is 2.61 bits per heavy atom. The SMILES string of the molecule is C=CCN1CCC2(CC1)CN(C(=O)Nc1cccc(F)c1)c1ccc(F)cc12. The van der Waals surface area contributed by atoms with Crippen LogP contribution in [0.5, 0.6) is 0 Å². The zero-order chi connectivity index (χ0) is 19.7. The molecule has 2 amide bonds. The maximum Gasteiger partial charge on any atom is 0.326 e. The summed E-state index contributed by atoms with van der Waals surface area (Å²) in [6.07, 6.45) is 3.58. The van der Waals surface area contributed by atoms with E-state index < -0.39 is 5.82 Å². The van der Waals surface area contributed by atoms with E-state index in [1.54, 1.807) is 29.2 Å². The van der Waals surface area contributed by atoms with Crippen molar-refractivity contribution < 1.29 is 13.6 Å². The molecule has 4 nitrogen and oxygen atoms in total. The third-order valence-electron chi connectivity index (χ3n) is 5.80. The molecule has 0 aliphatic carbocycles. The summed E-state index contributed by atoms with van der Waals surface area (Å²) in [5.74, 6) is -0.702. The number of fused-ring (bicyclic) bond motifs is 2. The monoisotopic (exact) mass is 383 g/mol. The van der Waals surface area contributed by atoms with E-state index in [1.165, 1.54) is 18.2 Å². The second-order valence-electron chi connectivity index (χ2n) is 7.56. The zero-order valence-corrected chi connectivity index (χ0v) is 15.6. The first-order valence-electron chi connectivity index (χ1n) is 9.48. The zero-order valence-electron chi connectivity index (χ0n) is 15.6. The second kappa shape index (κ2) is 7.36. The van der Waals surface area contributed by atoms with Crippen molar-refractivity contribution in [1.29, 1.82) is 0 Å². The van der Waals surface area contributed by atoms with Crippen LogP contribution in [0.1, 0.15) is 18.4 Å². The number of likely N-dealkylation sites (tertiary alicyclic amines) is 1. The molecule has 0 bridgehead atoms. The number of nitrogens with zero attached hydrogens (tertiary/aromatic N) is 2. The number of hydrogen-bond acceptors (Lipinski definition) is 2. The van der Waals surface area contributed by atoms with Crippen molar-refractivity contribution in [3.8, 4) is 0 Å². The number of hydrogen-bond donors (Lipinski definition) is 1. The molecule has 1 spiro atoms. The minimum Gasteiger partial charge on any atom is -0.307 e. The molecule has 0 atom stereocenters. The van der Waals surface area contributed by atoms with E-state index in [2.05, 4.69) is 16.8 Å². The van der Waals surface area contributed by atoms with Crippen LogP contribution in [0.15, 0.2) is 55.1 Å². The van der Waals surface area contributed by atoms with Gasteiger partial charge in [-0.3, -0.25) is 9.80 Å². The van der Waals surface area contributed by atoms with E-state index in [0.29, 0.717) is 12.2 Å². The van der Waals surface area contributed by atoms with E-state index in [9.17, 15) is 13.6 Å². The Labute approximate surface area is 163 Å². The molecule has 28 heavy (non-hydrogen) atoms. The van der Waals surface area contributed by atoms with Crippen LogP contribution >= 0.6 is 0 Å². The van der Waals surface area contributed by atoms with Gasteiger partial charge < -0.3 is 5.32 Å². The average molecular weight is 383 g/mol. The van der Waals surface area contributed by atoms with Gasteiger partial charge >= 0.3 is 6.03 Å². The number of piperidine rings is 1. The second-order valence-corrected chi connectivity index (χ2v) is 7.56. The Balaban J connectivity index is 1.60. The first-order chi connectivity index (χ1) is 13.5. The Hall–Kier alpha value is -2.73. The Kier molecular flexibility index (Phi) is 4.89. The lowest BCUT2D eigenvalue weighted by molar-refractivity contribution is 0.180. The molecule has 2 aromatic carbocycles. The highest BCUT2D eigenvalue weighted by Crippen LogP contribution is 2.47. The average Bonchev–Trinajstić information content (AvgIpc) is 2.98. The van der Waals surface area contributed by atoms with E-state index >= 15 is 0 Å². The van der Waals surface area contributed by atoms with Crippen molar-refractivity contribution in [2.45, 2.75) is 18.3 Å². The maximum atomic E-state index is 14.0. The van der Waals surface area contributed by atoms with Gasteiger partial charge in [-0.2, -0.15) is 0 Å². The molecule has 2 aliphatic heterocycles. The summed E-state index contributed by atoms with van der Waals surface area (Å²) in [5, 5.41) is 2.76. The summed E-state index contributed by atoms with van der Waals surface area (Å²) in [6.45, 7) is 6.87. The Morgan fingerprint density at radius 2 is 1.89 bits per heavy atom. The topological polar surface area (TPSA) is 35.6 Å². The van der Waals surface area contributed by atoms with Gasteiger partial charge in [-0.15, -0.1) is 6.58 Å². The first kappa shape index (κ1) is 18.6. The van der Waals surface area contributed by atoms with Crippen molar-refractivity contribution in [2.24, 2.45) is 0 Å². The van der Waals surface area contributed by atoms with Crippen LogP contribution in [0, 0.1) is 11.6 Å². The molecule has 0 radical (unpaired) electrons. The number of carbonyl (C=O) groups is 1. The third kappa shape index (κ3) is 3.40. The van der Waals surface area contributed by atoms with Gasteiger partial charge in [0.2, 0.25) is 0 Å². The number of nitrogens with one attached hydrogen (secondary N) is 1. The van der Waals surface area contributed by atoms with Gasteiger partial charge in [0, 0.05) is 29.9 Å². The van der Waals surface area contributed by atoms with E-state index in [1.807, 2.05) is 6.08 Å². The number of halogens is 2. The summed E-state index contributed by atoms with van der Waals surface area (Å²) < 4.78 is 27.5. The molecule has 2 aromatic rings. The fourth-order valence-corrected chi connectivity index (χ4v) is 4.35. The molecule has 0 unspecified atom stereocenters. The molecule has 2 aliphatic rings. The van der Waals surface area contributed by atoms with Crippen molar-refractivity contribution in [2.75, 3.05) is 36.4 Å². The third-order valence-corrected chi connectivity index (χ3v) is 5.80. The molecule has 0 saturated carbocycles. The molecular formula is C22H23F2N3O. The lowest BCUT2D eigenvalue weighted by atomic mass is 9.74. The van der Waals surface area contributed by atoms with Gasteiger partial charge in [-0.1, -0.05) is 12.1 Å². The predicted octanol–water partition coefficient (Wildman–Crippen LogP) is 4.54. The number of rotatable bonds is 3. The highest BCUT2D eigenvalue weighted by Gasteiger charge is 2.46. The Morgan fingerprint density at radius 1 is 1.14 bits per heavy atom. The van der Waals surface area contributed by atoms with Crippen LogP contribution in [0.2, 0.25) is 0 Å². The fourth-order valence-electron chi connectivity index (χ4n) is 4.35. The molecular weight excluding hydrogens is 360 g/mol. The van der Waals surface area contributed by atoms with Crippen molar-refractivity contribution in [1.82, 2.24) is 4.90 Å². The molecule has 4 rings (SSSR count). The van der Waals surface area contributed by atoms with Gasteiger partial charge in [-0.05, 0) is 67.9 Å². The minimum absolute atomic E-state index is 0.256. The molecule has 6 heteroatoms. The molecule has 1 saturated heterocycles. The van der Waals surface area contributed by atoms with Crippen LogP contribution in [-0.4, -0.2) is 37.1 Å².